The summed E-state index contributed by atoms with van der Waals surface area (Å²) < 4.78 is 5.55. The van der Waals surface area contributed by atoms with Gasteiger partial charge in [0.05, 0.1) is 25.7 Å². The maximum absolute atomic E-state index is 9.67. The molecular weight excluding hydrogens is 151 g/mol. The second kappa shape index (κ2) is 4.29. The third kappa shape index (κ3) is 4.12. The molecule has 0 radical (unpaired) electrons. The summed E-state index contributed by atoms with van der Waals surface area (Å²) in [7, 11) is 0. The number of hydrogen-bond donors (Lipinski definition) is 1. The van der Waals surface area contributed by atoms with Crippen molar-refractivity contribution in [1.29, 1.82) is 0 Å². The molecule has 0 aromatic heterocycles. The lowest BCUT2D eigenvalue weighted by molar-refractivity contribution is -0.166. The Kier molecular flexibility index (Phi) is 5.18. The third-order valence-corrected chi connectivity index (χ3v) is 2.00. The van der Waals surface area contributed by atoms with Gasteiger partial charge in [-0.1, -0.05) is 0 Å². The number of ether oxygens (including phenoxy) is 1. The molecule has 0 aromatic carbocycles. The van der Waals surface area contributed by atoms with Crippen LogP contribution < -0.4 is 0 Å². The Morgan fingerprint density at radius 2 is 1.42 bits per heavy atom. The predicted molar refractivity (Wildman–Crippen MR) is 56.5 cm³/mol. The zero-order valence-corrected chi connectivity index (χ0v) is 8.43. The molecule has 0 aliphatic carbocycles. The molecule has 0 amide bonds. The molecule has 0 aliphatic heterocycles. The van der Waals surface area contributed by atoms with Crippen LogP contribution in [0.2, 0.25) is 0 Å². The number of aliphatic hydroxyl groups is 1. The molecule has 0 saturated carbocycles. The van der Waals surface area contributed by atoms with E-state index in [9.17, 15) is 5.11 Å². The van der Waals surface area contributed by atoms with Gasteiger partial charge >= 0.3 is 0 Å². The van der Waals surface area contributed by atoms with E-state index >= 15 is 0 Å². The van der Waals surface area contributed by atoms with E-state index in [1.54, 1.807) is 13.8 Å². The van der Waals surface area contributed by atoms with Crippen molar-refractivity contribution < 1.29 is 9.84 Å². The quantitative estimate of drug-likeness (QED) is 0.640. The average Bonchev–Trinajstić information content (AvgIpc) is 1.56. The lowest BCUT2D eigenvalue weighted by Crippen LogP contribution is -2.48. The first-order valence-corrected chi connectivity index (χ1v) is 4.07. The molecule has 0 saturated heterocycles. The van der Waals surface area contributed by atoms with Crippen molar-refractivity contribution in [2.75, 3.05) is 0 Å². The molecule has 12 heavy (non-hydrogen) atoms. The first-order chi connectivity index (χ1) is 4.67. The van der Waals surface area contributed by atoms with Gasteiger partial charge < -0.3 is 9.84 Å². The normalized spacial score (nSPS) is 13.0. The van der Waals surface area contributed by atoms with Crippen LogP contribution in [-0.2, 0) is 4.74 Å². The van der Waals surface area contributed by atoms with Crippen LogP contribution in [0.15, 0.2) is 0 Å². The molecule has 1 N–H and O–H groups in total. The first kappa shape index (κ1) is 14.5. The molecule has 3 heteroatoms. The zero-order chi connectivity index (χ0) is 9.28. The van der Waals surface area contributed by atoms with Crippen LogP contribution >= 0.6 is 0 Å². The molecule has 74 valence electrons. The van der Waals surface area contributed by atoms with Crippen molar-refractivity contribution in [1.82, 2.24) is 0 Å². The molecule has 0 rings (SSSR count). The van der Waals surface area contributed by atoms with Crippen molar-refractivity contribution in [3.63, 3.8) is 0 Å². The minimum atomic E-state index is -0.794. The lowest BCUT2D eigenvalue weighted by Gasteiger charge is -2.38. The summed E-state index contributed by atoms with van der Waals surface area (Å²) >= 11 is 0. The Bertz CT molecular complexity index is 125. The summed E-state index contributed by atoms with van der Waals surface area (Å²) in [6.45, 7) is 11.2. The van der Waals surface area contributed by atoms with Gasteiger partial charge in [-0.2, -0.15) is 0 Å². The van der Waals surface area contributed by atoms with Crippen molar-refractivity contribution in [2.45, 2.75) is 58.8 Å². The largest absolute Gasteiger partial charge is 0.387 e. The van der Waals surface area contributed by atoms with E-state index in [2.05, 4.69) is 0 Å². The van der Waals surface area contributed by atoms with Gasteiger partial charge in [-0.25, -0.2) is 0 Å². The highest BCUT2D eigenvalue weighted by molar-refractivity contribution is 5.75. The fourth-order valence-corrected chi connectivity index (χ4v) is 0.733. The molecule has 0 heterocycles. The topological polar surface area (TPSA) is 29.5 Å². The second-order valence-electron chi connectivity index (χ2n) is 4.24. The van der Waals surface area contributed by atoms with Gasteiger partial charge in [0.15, 0.2) is 0 Å². The van der Waals surface area contributed by atoms with Crippen molar-refractivity contribution in [2.24, 2.45) is 0 Å². The maximum Gasteiger partial charge on any atom is 0.0910 e. The van der Waals surface area contributed by atoms with Gasteiger partial charge in [0.1, 0.15) is 0 Å². The molecule has 0 aromatic rings. The van der Waals surface area contributed by atoms with E-state index in [1.807, 2.05) is 27.7 Å². The molecule has 0 fully saturated rings. The van der Waals surface area contributed by atoms with Crippen molar-refractivity contribution >= 4 is 8.41 Å². The Labute approximate surface area is 77.9 Å². The minimum Gasteiger partial charge on any atom is -0.387 e. The minimum absolute atomic E-state index is 0. The lowest BCUT2D eigenvalue weighted by atomic mass is 9.89. The van der Waals surface area contributed by atoms with E-state index in [0.717, 1.165) is 0 Å². The van der Waals surface area contributed by atoms with Gasteiger partial charge in [-0.3, -0.25) is 0 Å². The summed E-state index contributed by atoms with van der Waals surface area (Å²) in [6.07, 6.45) is 0.149. The Morgan fingerprint density at radius 1 is 1.08 bits per heavy atom. The van der Waals surface area contributed by atoms with Crippen molar-refractivity contribution in [3.05, 3.63) is 0 Å². The predicted octanol–water partition coefficient (Wildman–Crippen LogP) is 0.777. The van der Waals surface area contributed by atoms with Gasteiger partial charge in [-0.15, -0.1) is 0 Å². The van der Waals surface area contributed by atoms with Crippen LogP contribution in [0.5, 0.6) is 0 Å². The monoisotopic (exact) mass is 174 g/mol. The highest BCUT2D eigenvalue weighted by Gasteiger charge is 2.36. The van der Waals surface area contributed by atoms with Crippen LogP contribution in [0.3, 0.4) is 0 Å². The smallest absolute Gasteiger partial charge is 0.0910 e. The molecule has 0 bridgehead atoms. The van der Waals surface area contributed by atoms with Crippen LogP contribution in [0.4, 0.5) is 0 Å². The first-order valence-electron chi connectivity index (χ1n) is 4.07. The SMILES string of the molecule is B.CC(C)OC(C)(C)C(C)(C)O. The van der Waals surface area contributed by atoms with Gasteiger partial charge in [0.25, 0.3) is 0 Å². The summed E-state index contributed by atoms with van der Waals surface area (Å²) in [4.78, 5) is 0. The summed E-state index contributed by atoms with van der Waals surface area (Å²) in [5, 5.41) is 9.67. The molecular formula is C9H23BO2. The summed E-state index contributed by atoms with van der Waals surface area (Å²) in [6, 6.07) is 0. The Balaban J connectivity index is 0. The Hall–Kier alpha value is -0.0151. The maximum atomic E-state index is 9.67. The molecule has 0 atom stereocenters. The fourth-order valence-electron chi connectivity index (χ4n) is 0.733. The van der Waals surface area contributed by atoms with E-state index in [4.69, 9.17) is 4.74 Å². The second-order valence-corrected chi connectivity index (χ2v) is 4.24. The van der Waals surface area contributed by atoms with E-state index in [-0.39, 0.29) is 14.5 Å². The molecule has 0 aliphatic rings. The molecule has 0 spiro atoms. The molecule has 0 unspecified atom stereocenters. The number of rotatable bonds is 3. The van der Waals surface area contributed by atoms with Gasteiger partial charge in [0.2, 0.25) is 0 Å². The fraction of sp³-hybridized carbons (Fsp3) is 1.00. The van der Waals surface area contributed by atoms with Crippen molar-refractivity contribution in [3.8, 4) is 0 Å². The average molecular weight is 174 g/mol. The third-order valence-electron chi connectivity index (χ3n) is 2.00. The van der Waals surface area contributed by atoms with Crippen LogP contribution in [-0.4, -0.2) is 30.8 Å². The van der Waals surface area contributed by atoms with E-state index in [0.29, 0.717) is 0 Å². The summed E-state index contributed by atoms with van der Waals surface area (Å²) in [5.41, 5.74) is -1.28. The highest BCUT2D eigenvalue weighted by Crippen LogP contribution is 2.26. The van der Waals surface area contributed by atoms with Crippen LogP contribution in [0.1, 0.15) is 41.5 Å². The number of hydrogen-bond acceptors (Lipinski definition) is 2. The van der Waals surface area contributed by atoms with Gasteiger partial charge in [0, 0.05) is 0 Å². The van der Waals surface area contributed by atoms with Crippen LogP contribution in [0, 0.1) is 0 Å². The van der Waals surface area contributed by atoms with Crippen LogP contribution in [0.25, 0.3) is 0 Å². The van der Waals surface area contributed by atoms with Gasteiger partial charge in [-0.05, 0) is 41.5 Å². The van der Waals surface area contributed by atoms with E-state index in [1.165, 1.54) is 0 Å². The Morgan fingerprint density at radius 3 is 1.50 bits per heavy atom. The van der Waals surface area contributed by atoms with E-state index < -0.39 is 11.2 Å². The standard InChI is InChI=1S/C9H20O2.BH3/c1-7(2)11-9(5,6)8(3,4)10;/h7,10H,1-6H3;1H3. The zero-order valence-electron chi connectivity index (χ0n) is 8.43. The molecule has 2 nitrogen and oxygen atoms in total. The highest BCUT2D eigenvalue weighted by atomic mass is 16.5. The summed E-state index contributed by atoms with van der Waals surface area (Å²) in [5.74, 6) is 0.